The van der Waals surface area contributed by atoms with Crippen molar-refractivity contribution >= 4 is 5.91 Å². The van der Waals surface area contributed by atoms with E-state index in [4.69, 9.17) is 16.2 Å². The monoisotopic (exact) mass is 161 g/mol. The smallest absolute Gasteiger partial charge is 0.234 e. The molecule has 5 nitrogen and oxygen atoms in total. The van der Waals surface area contributed by atoms with Gasteiger partial charge in [0.25, 0.3) is 0 Å². The predicted molar refractivity (Wildman–Crippen MR) is 41.4 cm³/mol. The molecule has 0 aliphatic carbocycles. The fraction of sp³-hybridized carbons (Fsp3) is 0.833. The molecule has 0 fully saturated rings. The SMILES string of the molecule is CCC(NCOCN)C(N)=O. The number of hydrogen-bond acceptors (Lipinski definition) is 4. The van der Waals surface area contributed by atoms with E-state index in [1.54, 1.807) is 0 Å². The summed E-state index contributed by atoms with van der Waals surface area (Å²) in [5.41, 5.74) is 10.1. The average molecular weight is 161 g/mol. The van der Waals surface area contributed by atoms with Crippen molar-refractivity contribution in [1.82, 2.24) is 5.32 Å². The molecule has 1 amide bonds. The molecule has 0 bridgehead atoms. The molecule has 66 valence electrons. The van der Waals surface area contributed by atoms with Crippen molar-refractivity contribution in [3.63, 3.8) is 0 Å². The molecule has 5 N–H and O–H groups in total. The topological polar surface area (TPSA) is 90.4 Å². The van der Waals surface area contributed by atoms with Crippen molar-refractivity contribution in [2.24, 2.45) is 11.5 Å². The Bertz CT molecular complexity index is 118. The Morgan fingerprint density at radius 1 is 1.73 bits per heavy atom. The molecule has 0 aliphatic heterocycles. The summed E-state index contributed by atoms with van der Waals surface area (Å²) in [7, 11) is 0. The zero-order valence-corrected chi connectivity index (χ0v) is 6.67. The summed E-state index contributed by atoms with van der Waals surface area (Å²) in [4.78, 5) is 10.6. The molecule has 0 saturated carbocycles. The summed E-state index contributed by atoms with van der Waals surface area (Å²) < 4.78 is 4.77. The van der Waals surface area contributed by atoms with E-state index in [1.165, 1.54) is 0 Å². The van der Waals surface area contributed by atoms with E-state index >= 15 is 0 Å². The molecule has 1 atom stereocenters. The number of nitrogens with one attached hydrogen (secondary N) is 1. The lowest BCUT2D eigenvalue weighted by atomic mass is 10.2. The molecule has 0 rings (SSSR count). The van der Waals surface area contributed by atoms with Gasteiger partial charge in [-0.05, 0) is 6.42 Å². The van der Waals surface area contributed by atoms with Crippen LogP contribution in [-0.2, 0) is 9.53 Å². The fourth-order valence-corrected chi connectivity index (χ4v) is 0.665. The molecule has 0 spiro atoms. The Morgan fingerprint density at radius 3 is 2.73 bits per heavy atom. The van der Waals surface area contributed by atoms with Gasteiger partial charge in [0.1, 0.15) is 0 Å². The van der Waals surface area contributed by atoms with E-state index in [0.717, 1.165) is 0 Å². The predicted octanol–water partition coefficient (Wildman–Crippen LogP) is -1.27. The van der Waals surface area contributed by atoms with Crippen molar-refractivity contribution in [2.75, 3.05) is 13.5 Å². The molecule has 0 heterocycles. The van der Waals surface area contributed by atoms with Gasteiger partial charge in [0.15, 0.2) is 0 Å². The molecule has 0 radical (unpaired) electrons. The van der Waals surface area contributed by atoms with Gasteiger partial charge in [0, 0.05) is 0 Å². The summed E-state index contributed by atoms with van der Waals surface area (Å²) in [6, 6.07) is -0.318. The Hall–Kier alpha value is -0.650. The summed E-state index contributed by atoms with van der Waals surface area (Å²) in [5, 5.41) is 2.79. The summed E-state index contributed by atoms with van der Waals surface area (Å²) in [5.74, 6) is -0.367. The maximum Gasteiger partial charge on any atom is 0.234 e. The van der Waals surface area contributed by atoms with Crippen molar-refractivity contribution in [3.05, 3.63) is 0 Å². The summed E-state index contributed by atoms with van der Waals surface area (Å²) in [6.45, 7) is 2.27. The Labute approximate surface area is 66.1 Å². The first kappa shape index (κ1) is 10.3. The van der Waals surface area contributed by atoms with E-state index < -0.39 is 0 Å². The summed E-state index contributed by atoms with van der Waals surface area (Å²) >= 11 is 0. The first-order chi connectivity index (χ1) is 5.22. The Balaban J connectivity index is 3.44. The molecule has 0 saturated heterocycles. The van der Waals surface area contributed by atoms with Crippen LogP contribution in [0.5, 0.6) is 0 Å². The molecule has 0 aromatic carbocycles. The van der Waals surface area contributed by atoms with Gasteiger partial charge in [0.05, 0.1) is 19.5 Å². The van der Waals surface area contributed by atoms with Crippen molar-refractivity contribution in [3.8, 4) is 0 Å². The van der Waals surface area contributed by atoms with Crippen LogP contribution in [0.15, 0.2) is 0 Å². The van der Waals surface area contributed by atoms with Crippen LogP contribution < -0.4 is 16.8 Å². The highest BCUT2D eigenvalue weighted by Gasteiger charge is 2.10. The van der Waals surface area contributed by atoms with Crippen LogP contribution in [0.25, 0.3) is 0 Å². The third kappa shape index (κ3) is 4.72. The van der Waals surface area contributed by atoms with Gasteiger partial charge in [-0.1, -0.05) is 6.92 Å². The van der Waals surface area contributed by atoms with E-state index in [2.05, 4.69) is 5.32 Å². The lowest BCUT2D eigenvalue weighted by Crippen LogP contribution is -2.42. The maximum atomic E-state index is 10.6. The van der Waals surface area contributed by atoms with Gasteiger partial charge in [-0.3, -0.25) is 10.1 Å². The minimum Gasteiger partial charge on any atom is -0.368 e. The quantitative estimate of drug-likeness (QED) is 0.334. The van der Waals surface area contributed by atoms with Crippen LogP contribution in [-0.4, -0.2) is 25.4 Å². The van der Waals surface area contributed by atoms with Gasteiger partial charge < -0.3 is 16.2 Å². The summed E-state index contributed by atoms with van der Waals surface area (Å²) in [6.07, 6.45) is 0.656. The standard InChI is InChI=1S/C6H15N3O2/c1-2-5(6(8)10)9-4-11-3-7/h5,9H,2-4,7H2,1H3,(H2,8,10). The van der Waals surface area contributed by atoms with E-state index in [1.807, 2.05) is 6.92 Å². The molecule has 11 heavy (non-hydrogen) atoms. The molecule has 5 heteroatoms. The van der Waals surface area contributed by atoms with Gasteiger partial charge in [-0.15, -0.1) is 0 Å². The number of amides is 1. The minimum absolute atomic E-state index is 0.141. The van der Waals surface area contributed by atoms with Crippen LogP contribution in [0.1, 0.15) is 13.3 Å². The number of nitrogens with two attached hydrogens (primary N) is 2. The third-order valence-electron chi connectivity index (χ3n) is 1.30. The molecule has 0 aliphatic rings. The van der Waals surface area contributed by atoms with Crippen LogP contribution in [0.2, 0.25) is 0 Å². The van der Waals surface area contributed by atoms with Crippen LogP contribution in [0, 0.1) is 0 Å². The number of carbonyl (C=O) groups excluding carboxylic acids is 1. The molecular weight excluding hydrogens is 146 g/mol. The molecule has 0 aromatic heterocycles. The Morgan fingerprint density at radius 2 is 2.36 bits per heavy atom. The highest BCUT2D eigenvalue weighted by atomic mass is 16.5. The van der Waals surface area contributed by atoms with E-state index in [0.29, 0.717) is 6.42 Å². The number of rotatable bonds is 6. The van der Waals surface area contributed by atoms with Crippen molar-refractivity contribution in [2.45, 2.75) is 19.4 Å². The van der Waals surface area contributed by atoms with Crippen LogP contribution in [0.3, 0.4) is 0 Å². The Kier molecular flexibility index (Phi) is 5.73. The van der Waals surface area contributed by atoms with Crippen molar-refractivity contribution in [1.29, 1.82) is 0 Å². The second kappa shape index (κ2) is 6.09. The molecule has 0 aromatic rings. The highest BCUT2D eigenvalue weighted by Crippen LogP contribution is 1.87. The number of primary amides is 1. The average Bonchev–Trinajstić information content (AvgIpc) is 1.97. The van der Waals surface area contributed by atoms with Gasteiger partial charge in [0.2, 0.25) is 5.91 Å². The lowest BCUT2D eigenvalue weighted by Gasteiger charge is -2.11. The first-order valence-corrected chi connectivity index (χ1v) is 3.52. The highest BCUT2D eigenvalue weighted by molar-refractivity contribution is 5.79. The molecular formula is C6H15N3O2. The number of hydrogen-bond donors (Lipinski definition) is 3. The van der Waals surface area contributed by atoms with Crippen LogP contribution in [0.4, 0.5) is 0 Å². The minimum atomic E-state index is -0.367. The zero-order chi connectivity index (χ0) is 8.69. The van der Waals surface area contributed by atoms with E-state index in [-0.39, 0.29) is 25.4 Å². The zero-order valence-electron chi connectivity index (χ0n) is 6.67. The second-order valence-corrected chi connectivity index (χ2v) is 2.08. The molecule has 1 unspecified atom stereocenters. The van der Waals surface area contributed by atoms with Gasteiger partial charge >= 0.3 is 0 Å². The van der Waals surface area contributed by atoms with Gasteiger partial charge in [-0.25, -0.2) is 0 Å². The van der Waals surface area contributed by atoms with Crippen LogP contribution >= 0.6 is 0 Å². The van der Waals surface area contributed by atoms with Crippen molar-refractivity contribution < 1.29 is 9.53 Å². The first-order valence-electron chi connectivity index (χ1n) is 3.52. The fourth-order valence-electron chi connectivity index (χ4n) is 0.665. The number of carbonyl (C=O) groups is 1. The number of ether oxygens (including phenoxy) is 1. The lowest BCUT2D eigenvalue weighted by molar-refractivity contribution is -0.120. The second-order valence-electron chi connectivity index (χ2n) is 2.08. The van der Waals surface area contributed by atoms with E-state index in [9.17, 15) is 4.79 Å². The van der Waals surface area contributed by atoms with Gasteiger partial charge in [-0.2, -0.15) is 0 Å². The third-order valence-corrected chi connectivity index (χ3v) is 1.30. The maximum absolute atomic E-state index is 10.6. The largest absolute Gasteiger partial charge is 0.368 e. The normalized spacial score (nSPS) is 12.9.